The normalized spacial score (nSPS) is 12.5. The molecule has 0 N–H and O–H groups in total. The lowest BCUT2D eigenvalue weighted by Gasteiger charge is -2.20. The fourth-order valence-electron chi connectivity index (χ4n) is 2.78. The van der Waals surface area contributed by atoms with Gasteiger partial charge in [0.15, 0.2) is 0 Å². The number of aryl methyl sites for hydroxylation is 2. The predicted octanol–water partition coefficient (Wildman–Crippen LogP) is 2.03. The third-order valence-electron chi connectivity index (χ3n) is 3.82. The van der Waals surface area contributed by atoms with Crippen molar-refractivity contribution in [2.45, 2.75) is 52.1 Å². The van der Waals surface area contributed by atoms with Crippen LogP contribution in [-0.2, 0) is 23.6 Å². The van der Waals surface area contributed by atoms with Gasteiger partial charge >= 0.3 is 0 Å². The average Bonchev–Trinajstić information content (AvgIpc) is 2.99. The maximum Gasteiger partial charge on any atom is 0.247 e. The Bertz CT molecular complexity index is 789. The molecule has 0 aliphatic rings. The number of aromatic nitrogens is 4. The van der Waals surface area contributed by atoms with Crippen molar-refractivity contribution < 1.29 is 8.42 Å². The van der Waals surface area contributed by atoms with Crippen molar-refractivity contribution in [2.24, 2.45) is 7.05 Å². The van der Waals surface area contributed by atoms with E-state index < -0.39 is 10.0 Å². The Balaban J connectivity index is 2.43. The first kappa shape index (κ1) is 17.7. The van der Waals surface area contributed by atoms with Gasteiger partial charge in [-0.15, -0.1) is 0 Å². The van der Waals surface area contributed by atoms with Gasteiger partial charge in [-0.3, -0.25) is 9.36 Å². The molecule has 2 rings (SSSR count). The molecule has 7 nitrogen and oxygen atoms in total. The highest BCUT2D eigenvalue weighted by atomic mass is 32.2. The summed E-state index contributed by atoms with van der Waals surface area (Å²) in [5, 5.41) is 8.50. The maximum atomic E-state index is 13.1. The highest BCUT2D eigenvalue weighted by molar-refractivity contribution is 7.89. The SMILES string of the molecule is CCN(Cc1cnn(C)c1)S(=O)(=O)c1c(C)nn(C(C)C)c1C. The van der Waals surface area contributed by atoms with Gasteiger partial charge in [-0.1, -0.05) is 6.92 Å². The predicted molar refractivity (Wildman–Crippen MR) is 88.6 cm³/mol. The zero-order valence-corrected chi connectivity index (χ0v) is 15.4. The summed E-state index contributed by atoms with van der Waals surface area (Å²) in [6.07, 6.45) is 3.52. The summed E-state index contributed by atoms with van der Waals surface area (Å²) in [6, 6.07) is 0.117. The van der Waals surface area contributed by atoms with Crippen LogP contribution in [0.15, 0.2) is 17.3 Å². The van der Waals surface area contributed by atoms with Gasteiger partial charge in [0.25, 0.3) is 0 Å². The van der Waals surface area contributed by atoms with Crippen LogP contribution in [0.3, 0.4) is 0 Å². The van der Waals surface area contributed by atoms with Crippen LogP contribution in [0.1, 0.15) is 43.8 Å². The standard InChI is InChI=1S/C15H25N5O2S/c1-7-19(10-14-8-16-18(6)9-14)23(21,22)15-12(4)17-20(11(2)3)13(15)5/h8-9,11H,7,10H2,1-6H3. The van der Waals surface area contributed by atoms with E-state index in [1.165, 1.54) is 4.31 Å². The fraction of sp³-hybridized carbons (Fsp3) is 0.600. The van der Waals surface area contributed by atoms with Crippen molar-refractivity contribution in [2.75, 3.05) is 6.54 Å². The molecule has 0 radical (unpaired) electrons. The second kappa shape index (κ2) is 6.45. The third kappa shape index (κ3) is 3.32. The molecule has 0 spiro atoms. The second-order valence-electron chi connectivity index (χ2n) is 5.99. The lowest BCUT2D eigenvalue weighted by Crippen LogP contribution is -2.31. The number of sulfonamides is 1. The Hall–Kier alpha value is -1.67. The Morgan fingerprint density at radius 1 is 1.30 bits per heavy atom. The van der Waals surface area contributed by atoms with Crippen LogP contribution in [0.25, 0.3) is 0 Å². The van der Waals surface area contributed by atoms with Gasteiger partial charge in [0, 0.05) is 37.9 Å². The summed E-state index contributed by atoms with van der Waals surface area (Å²) in [5.41, 5.74) is 2.09. The molecule has 0 saturated heterocycles. The fourth-order valence-corrected chi connectivity index (χ4v) is 4.58. The first-order valence-corrected chi connectivity index (χ1v) is 9.15. The van der Waals surface area contributed by atoms with Crippen LogP contribution in [0.5, 0.6) is 0 Å². The summed E-state index contributed by atoms with van der Waals surface area (Å²) in [6.45, 7) is 10.1. The van der Waals surface area contributed by atoms with E-state index in [0.717, 1.165) is 5.56 Å². The van der Waals surface area contributed by atoms with E-state index in [9.17, 15) is 8.42 Å². The number of nitrogens with zero attached hydrogens (tertiary/aromatic N) is 5. The molecular formula is C15H25N5O2S. The molecule has 0 fully saturated rings. The molecular weight excluding hydrogens is 314 g/mol. The molecule has 23 heavy (non-hydrogen) atoms. The van der Waals surface area contributed by atoms with E-state index in [4.69, 9.17) is 0 Å². The first-order valence-electron chi connectivity index (χ1n) is 7.71. The Kier molecular flexibility index (Phi) is 4.95. The third-order valence-corrected chi connectivity index (χ3v) is 5.99. The molecule has 0 unspecified atom stereocenters. The number of rotatable bonds is 6. The Morgan fingerprint density at radius 3 is 2.39 bits per heavy atom. The van der Waals surface area contributed by atoms with Crippen LogP contribution >= 0.6 is 0 Å². The molecule has 0 saturated carbocycles. The Morgan fingerprint density at radius 2 is 1.96 bits per heavy atom. The molecule has 2 aromatic rings. The average molecular weight is 339 g/mol. The van der Waals surface area contributed by atoms with E-state index in [-0.39, 0.29) is 6.04 Å². The molecule has 2 aromatic heterocycles. The molecule has 2 heterocycles. The van der Waals surface area contributed by atoms with Crippen LogP contribution in [-0.4, -0.2) is 38.8 Å². The summed E-state index contributed by atoms with van der Waals surface area (Å²) >= 11 is 0. The van der Waals surface area contributed by atoms with Crippen molar-refractivity contribution in [3.8, 4) is 0 Å². The highest BCUT2D eigenvalue weighted by Crippen LogP contribution is 2.26. The van der Waals surface area contributed by atoms with Crippen molar-refractivity contribution in [3.05, 3.63) is 29.3 Å². The van der Waals surface area contributed by atoms with Crippen LogP contribution in [0.2, 0.25) is 0 Å². The van der Waals surface area contributed by atoms with Gasteiger partial charge in [-0.25, -0.2) is 8.42 Å². The molecule has 0 atom stereocenters. The lowest BCUT2D eigenvalue weighted by molar-refractivity contribution is 0.422. The van der Waals surface area contributed by atoms with Gasteiger partial charge in [0.1, 0.15) is 4.90 Å². The summed E-state index contributed by atoms with van der Waals surface area (Å²) in [7, 11) is -1.79. The van der Waals surface area contributed by atoms with Crippen molar-refractivity contribution in [3.63, 3.8) is 0 Å². The van der Waals surface area contributed by atoms with Crippen LogP contribution in [0.4, 0.5) is 0 Å². The van der Waals surface area contributed by atoms with E-state index >= 15 is 0 Å². The smallest absolute Gasteiger partial charge is 0.247 e. The van der Waals surface area contributed by atoms with Crippen molar-refractivity contribution >= 4 is 10.0 Å². The molecule has 0 amide bonds. The maximum absolute atomic E-state index is 13.1. The molecule has 8 heteroatoms. The van der Waals surface area contributed by atoms with E-state index in [0.29, 0.717) is 29.4 Å². The van der Waals surface area contributed by atoms with Crippen LogP contribution in [0, 0.1) is 13.8 Å². The summed E-state index contributed by atoms with van der Waals surface area (Å²) < 4.78 is 31.1. The minimum Gasteiger partial charge on any atom is -0.275 e. The number of hydrogen-bond donors (Lipinski definition) is 0. The van der Waals surface area contributed by atoms with Crippen LogP contribution < -0.4 is 0 Å². The van der Waals surface area contributed by atoms with Gasteiger partial charge in [0.05, 0.1) is 17.6 Å². The monoisotopic (exact) mass is 339 g/mol. The summed E-state index contributed by atoms with van der Waals surface area (Å²) in [4.78, 5) is 0.317. The van der Waals surface area contributed by atoms with Crippen molar-refractivity contribution in [1.82, 2.24) is 23.9 Å². The van der Waals surface area contributed by atoms with Gasteiger partial charge in [-0.2, -0.15) is 14.5 Å². The molecule has 0 aromatic carbocycles. The lowest BCUT2D eigenvalue weighted by atomic mass is 10.3. The molecule has 0 bridgehead atoms. The minimum absolute atomic E-state index is 0.117. The van der Waals surface area contributed by atoms with Gasteiger partial charge < -0.3 is 0 Å². The quantitative estimate of drug-likeness (QED) is 0.807. The highest BCUT2D eigenvalue weighted by Gasteiger charge is 2.30. The molecule has 0 aliphatic heterocycles. The van der Waals surface area contributed by atoms with Gasteiger partial charge in [-0.05, 0) is 27.7 Å². The second-order valence-corrected chi connectivity index (χ2v) is 7.87. The number of hydrogen-bond acceptors (Lipinski definition) is 4. The zero-order chi connectivity index (χ0) is 17.4. The largest absolute Gasteiger partial charge is 0.275 e. The minimum atomic E-state index is -3.60. The van der Waals surface area contributed by atoms with Crippen molar-refractivity contribution in [1.29, 1.82) is 0 Å². The Labute approximate surface area is 138 Å². The first-order chi connectivity index (χ1) is 10.7. The zero-order valence-electron chi connectivity index (χ0n) is 14.6. The summed E-state index contributed by atoms with van der Waals surface area (Å²) in [5.74, 6) is 0. The topological polar surface area (TPSA) is 73.0 Å². The molecule has 0 aliphatic carbocycles. The van der Waals surface area contributed by atoms with Gasteiger partial charge in [0.2, 0.25) is 10.0 Å². The molecule has 128 valence electrons. The van der Waals surface area contributed by atoms with E-state index in [1.54, 1.807) is 22.5 Å². The van der Waals surface area contributed by atoms with E-state index in [1.807, 2.05) is 40.9 Å². The van der Waals surface area contributed by atoms with E-state index in [2.05, 4.69) is 10.2 Å².